The Kier molecular flexibility index (Phi) is 3.44. The third-order valence-corrected chi connectivity index (χ3v) is 4.40. The van der Waals surface area contributed by atoms with E-state index in [1.165, 1.54) is 12.1 Å². The topological polar surface area (TPSA) is 17.8 Å². The third-order valence-electron chi connectivity index (χ3n) is 3.18. The van der Waals surface area contributed by atoms with Crippen LogP contribution in [0.2, 0.25) is 5.02 Å². The normalized spacial score (nSPS) is 11.2. The van der Waals surface area contributed by atoms with E-state index < -0.39 is 0 Å². The highest BCUT2D eigenvalue weighted by Crippen LogP contribution is 2.29. The average Bonchev–Trinajstić information content (AvgIpc) is 2.74. The Morgan fingerprint density at radius 1 is 1.20 bits per heavy atom. The maximum Gasteiger partial charge on any atom is 0.125 e. The second-order valence-corrected chi connectivity index (χ2v) is 5.70. The second-order valence-electron chi connectivity index (χ2n) is 4.45. The van der Waals surface area contributed by atoms with Crippen LogP contribution in [0.5, 0.6) is 0 Å². The lowest BCUT2D eigenvalue weighted by atomic mass is 10.2. The van der Waals surface area contributed by atoms with E-state index in [1.807, 2.05) is 35.9 Å². The van der Waals surface area contributed by atoms with Gasteiger partial charge < -0.3 is 0 Å². The Morgan fingerprint density at radius 2 is 2.00 bits per heavy atom. The minimum Gasteiger partial charge on any atom is -0.296 e. The zero-order chi connectivity index (χ0) is 14.3. The van der Waals surface area contributed by atoms with E-state index >= 15 is 0 Å². The van der Waals surface area contributed by atoms with Crippen LogP contribution >= 0.6 is 23.4 Å². The van der Waals surface area contributed by atoms with Crippen LogP contribution < -0.4 is 0 Å². The van der Waals surface area contributed by atoms with Crippen molar-refractivity contribution in [1.29, 1.82) is 0 Å². The van der Waals surface area contributed by atoms with Crippen LogP contribution in [0.25, 0.3) is 16.7 Å². The van der Waals surface area contributed by atoms with Gasteiger partial charge in [0.15, 0.2) is 0 Å². The summed E-state index contributed by atoms with van der Waals surface area (Å²) in [5.74, 6) is 0.532. The van der Waals surface area contributed by atoms with Gasteiger partial charge in [-0.25, -0.2) is 9.37 Å². The van der Waals surface area contributed by atoms with Crippen molar-refractivity contribution in [3.63, 3.8) is 0 Å². The highest BCUT2D eigenvalue weighted by atomic mass is 35.5. The lowest BCUT2D eigenvalue weighted by molar-refractivity contribution is 0.629. The molecule has 0 atom stereocenters. The fourth-order valence-corrected chi connectivity index (χ4v) is 3.15. The summed E-state index contributed by atoms with van der Waals surface area (Å²) in [4.78, 5) is 5.47. The number of halogens is 2. The summed E-state index contributed by atoms with van der Waals surface area (Å²) in [5.41, 5.74) is 2.41. The number of benzene rings is 2. The summed E-state index contributed by atoms with van der Waals surface area (Å²) in [6.45, 7) is 1.90. The Morgan fingerprint density at radius 3 is 2.70 bits per heavy atom. The summed E-state index contributed by atoms with van der Waals surface area (Å²) in [5, 5.41) is 0.688. The molecule has 102 valence electrons. The number of hydrogen-bond acceptors (Lipinski definition) is 2. The van der Waals surface area contributed by atoms with Gasteiger partial charge in [0, 0.05) is 16.6 Å². The quantitative estimate of drug-likeness (QED) is 0.630. The number of nitrogens with zero attached hydrogens (tertiary/aromatic N) is 2. The van der Waals surface area contributed by atoms with Crippen LogP contribution in [0, 0.1) is 12.7 Å². The number of thioether (sulfide) groups is 1. The van der Waals surface area contributed by atoms with Crippen LogP contribution in [0.3, 0.4) is 0 Å². The molecule has 0 spiro atoms. The first-order chi connectivity index (χ1) is 9.60. The van der Waals surface area contributed by atoms with Gasteiger partial charge in [0.2, 0.25) is 0 Å². The van der Waals surface area contributed by atoms with E-state index in [0.717, 1.165) is 27.4 Å². The smallest absolute Gasteiger partial charge is 0.125 e. The zero-order valence-electron chi connectivity index (χ0n) is 11.0. The monoisotopic (exact) mass is 306 g/mol. The van der Waals surface area contributed by atoms with Crippen molar-refractivity contribution in [1.82, 2.24) is 9.55 Å². The molecule has 1 heterocycles. The van der Waals surface area contributed by atoms with Crippen molar-refractivity contribution in [2.45, 2.75) is 11.8 Å². The maximum atomic E-state index is 13.5. The molecule has 3 aromatic rings. The Labute approximate surface area is 125 Å². The summed E-state index contributed by atoms with van der Waals surface area (Å²) < 4.78 is 15.4. The van der Waals surface area contributed by atoms with Gasteiger partial charge in [-0.3, -0.25) is 4.57 Å². The first kappa shape index (κ1) is 13.5. The Bertz CT molecular complexity index is 798. The van der Waals surface area contributed by atoms with Gasteiger partial charge in [0.25, 0.3) is 0 Å². The van der Waals surface area contributed by atoms with Crippen LogP contribution in [0.15, 0.2) is 41.3 Å². The van der Waals surface area contributed by atoms with Crippen LogP contribution in [0.1, 0.15) is 5.82 Å². The van der Waals surface area contributed by atoms with Gasteiger partial charge >= 0.3 is 0 Å². The molecule has 3 rings (SSSR count). The van der Waals surface area contributed by atoms with Crippen LogP contribution in [0.4, 0.5) is 4.39 Å². The van der Waals surface area contributed by atoms with E-state index in [9.17, 15) is 4.39 Å². The average molecular weight is 307 g/mol. The molecule has 0 saturated heterocycles. The molecule has 0 aliphatic carbocycles. The first-order valence-corrected chi connectivity index (χ1v) is 7.69. The summed E-state index contributed by atoms with van der Waals surface area (Å²) in [7, 11) is 0. The summed E-state index contributed by atoms with van der Waals surface area (Å²) in [6, 6.07) is 10.4. The standard InChI is InChI=1S/C15H12ClFN2S/c1-9-18-13-5-3-10(17)7-14(13)19(9)11-4-6-15(20-2)12(16)8-11/h3-8H,1-2H3. The second kappa shape index (κ2) is 5.11. The number of fused-ring (bicyclic) bond motifs is 1. The molecule has 1 aromatic heterocycles. The fraction of sp³-hybridized carbons (Fsp3) is 0.133. The number of aryl methyl sites for hydroxylation is 1. The van der Waals surface area contributed by atoms with Gasteiger partial charge in [-0.15, -0.1) is 11.8 Å². The third kappa shape index (κ3) is 2.19. The number of imidazole rings is 1. The first-order valence-electron chi connectivity index (χ1n) is 6.08. The van der Waals surface area contributed by atoms with Crippen molar-refractivity contribution in [2.24, 2.45) is 0 Å². The molecule has 5 heteroatoms. The molecule has 0 amide bonds. The van der Waals surface area contributed by atoms with Crippen molar-refractivity contribution in [3.05, 3.63) is 53.1 Å². The largest absolute Gasteiger partial charge is 0.296 e. The van der Waals surface area contributed by atoms with Crippen molar-refractivity contribution >= 4 is 34.4 Å². The fourth-order valence-electron chi connectivity index (χ4n) is 2.29. The molecule has 2 nitrogen and oxygen atoms in total. The van der Waals surface area contributed by atoms with Gasteiger partial charge in [-0.05, 0) is 43.5 Å². The molecule has 0 fully saturated rings. The van der Waals surface area contributed by atoms with E-state index in [4.69, 9.17) is 11.6 Å². The minimum atomic E-state index is -0.273. The Balaban J connectivity index is 2.26. The van der Waals surface area contributed by atoms with Crippen molar-refractivity contribution < 1.29 is 4.39 Å². The zero-order valence-corrected chi connectivity index (χ0v) is 12.6. The predicted molar refractivity (Wildman–Crippen MR) is 82.6 cm³/mol. The molecule has 0 bridgehead atoms. The van der Waals surface area contributed by atoms with E-state index in [-0.39, 0.29) is 5.82 Å². The Hall–Kier alpha value is -1.52. The molecular formula is C15H12ClFN2S. The molecule has 2 aromatic carbocycles. The molecule has 0 aliphatic heterocycles. The van der Waals surface area contributed by atoms with Gasteiger partial charge in [-0.1, -0.05) is 11.6 Å². The van der Waals surface area contributed by atoms with Crippen molar-refractivity contribution in [3.8, 4) is 5.69 Å². The predicted octanol–water partition coefficient (Wildman–Crippen LogP) is 4.85. The summed E-state index contributed by atoms with van der Waals surface area (Å²) in [6.07, 6.45) is 1.98. The van der Waals surface area contributed by atoms with E-state index in [1.54, 1.807) is 17.8 Å². The SMILES string of the molecule is CSc1ccc(-n2c(C)nc3ccc(F)cc32)cc1Cl. The number of hydrogen-bond donors (Lipinski definition) is 0. The highest BCUT2D eigenvalue weighted by molar-refractivity contribution is 7.98. The maximum absolute atomic E-state index is 13.5. The molecule has 0 radical (unpaired) electrons. The summed E-state index contributed by atoms with van der Waals surface area (Å²) >= 11 is 7.85. The molecule has 0 unspecified atom stereocenters. The number of rotatable bonds is 2. The molecule has 0 N–H and O–H groups in total. The van der Waals surface area contributed by atoms with E-state index in [2.05, 4.69) is 4.98 Å². The van der Waals surface area contributed by atoms with Crippen LogP contribution in [-0.2, 0) is 0 Å². The van der Waals surface area contributed by atoms with Gasteiger partial charge in [0.05, 0.1) is 16.1 Å². The minimum absolute atomic E-state index is 0.273. The molecular weight excluding hydrogens is 295 g/mol. The highest BCUT2D eigenvalue weighted by Gasteiger charge is 2.11. The molecule has 0 aliphatic rings. The molecule has 0 saturated carbocycles. The van der Waals surface area contributed by atoms with Crippen molar-refractivity contribution in [2.75, 3.05) is 6.26 Å². The number of aromatic nitrogens is 2. The van der Waals surface area contributed by atoms with Crippen LogP contribution in [-0.4, -0.2) is 15.8 Å². The van der Waals surface area contributed by atoms with E-state index in [0.29, 0.717) is 5.02 Å². The molecule has 20 heavy (non-hydrogen) atoms. The van der Waals surface area contributed by atoms with Gasteiger partial charge in [0.1, 0.15) is 11.6 Å². The lowest BCUT2D eigenvalue weighted by Crippen LogP contribution is -1.97. The lowest BCUT2D eigenvalue weighted by Gasteiger charge is -2.09. The van der Waals surface area contributed by atoms with Gasteiger partial charge in [-0.2, -0.15) is 0 Å².